The Balaban J connectivity index is 0.000000144. The van der Waals surface area contributed by atoms with Gasteiger partial charge in [0.15, 0.2) is 23.1 Å². The van der Waals surface area contributed by atoms with Crippen molar-refractivity contribution in [3.05, 3.63) is 103 Å². The Kier molecular flexibility index (Phi) is 13.5. The van der Waals surface area contributed by atoms with Crippen molar-refractivity contribution in [3.63, 3.8) is 0 Å². The van der Waals surface area contributed by atoms with Crippen LogP contribution in [0.5, 0.6) is 0 Å². The molecule has 4 aliphatic heterocycles. The fourth-order valence-corrected chi connectivity index (χ4v) is 8.60. The van der Waals surface area contributed by atoms with Crippen LogP contribution in [-0.2, 0) is 16.0 Å². The Morgan fingerprint density at radius 2 is 1.18 bits per heavy atom. The molecule has 4 aliphatic rings. The van der Waals surface area contributed by atoms with E-state index in [0.717, 1.165) is 102 Å². The average molecular weight is 876 g/mol. The van der Waals surface area contributed by atoms with Gasteiger partial charge in [0.1, 0.15) is 29.1 Å². The maximum Gasteiger partial charge on any atom is 0.276 e. The van der Waals surface area contributed by atoms with Crippen molar-refractivity contribution in [1.82, 2.24) is 69.3 Å². The van der Waals surface area contributed by atoms with Crippen LogP contribution >= 0.6 is 23.2 Å². The fourth-order valence-electron chi connectivity index (χ4n) is 8.40. The molecule has 4 fully saturated rings. The van der Waals surface area contributed by atoms with E-state index in [0.29, 0.717) is 57.5 Å². The number of hydrogen-bond acceptors (Lipinski definition) is 15. The molecule has 6 aromatic heterocycles. The summed E-state index contributed by atoms with van der Waals surface area (Å²) < 4.78 is 14.4. The van der Waals surface area contributed by atoms with E-state index in [9.17, 15) is 14.4 Å². The molecule has 322 valence electrons. The lowest BCUT2D eigenvalue weighted by atomic mass is 9.97. The third-order valence-electron chi connectivity index (χ3n) is 11.8. The van der Waals surface area contributed by atoms with Gasteiger partial charge in [-0.3, -0.25) is 19.3 Å². The van der Waals surface area contributed by atoms with E-state index in [4.69, 9.17) is 42.9 Å². The average Bonchev–Trinajstić information content (AvgIpc) is 4.09. The molecular formula is C40H48Cl2N14O5. The molecule has 6 aromatic rings. The highest BCUT2D eigenvalue weighted by molar-refractivity contribution is 6.30. The Hall–Kier alpha value is -5.05. The number of H-pyrrole nitrogens is 2. The van der Waals surface area contributed by atoms with Gasteiger partial charge in [-0.05, 0) is 44.1 Å². The Morgan fingerprint density at radius 3 is 1.67 bits per heavy atom. The lowest BCUT2D eigenvalue weighted by Gasteiger charge is -2.21. The smallest absolute Gasteiger partial charge is 0.276 e. The highest BCUT2D eigenvalue weighted by Crippen LogP contribution is 2.32. The van der Waals surface area contributed by atoms with Crippen LogP contribution in [0.25, 0.3) is 11.0 Å². The van der Waals surface area contributed by atoms with Gasteiger partial charge in [0.25, 0.3) is 11.1 Å². The number of aromatic amines is 2. The third kappa shape index (κ3) is 9.87. The summed E-state index contributed by atoms with van der Waals surface area (Å²) in [7, 11) is 0. The van der Waals surface area contributed by atoms with Crippen LogP contribution in [0.3, 0.4) is 0 Å². The zero-order valence-corrected chi connectivity index (χ0v) is 35.4. The molecular weight excluding hydrogens is 827 g/mol. The molecule has 19 nitrogen and oxygen atoms in total. The van der Waals surface area contributed by atoms with Crippen molar-refractivity contribution >= 4 is 40.5 Å². The van der Waals surface area contributed by atoms with Gasteiger partial charge in [0.05, 0.1) is 29.0 Å². The number of ether oxygens (including phenoxy) is 2. The van der Waals surface area contributed by atoms with E-state index in [2.05, 4.69) is 63.9 Å². The zero-order chi connectivity index (χ0) is 42.5. The first kappa shape index (κ1) is 42.6. The van der Waals surface area contributed by atoms with Gasteiger partial charge >= 0.3 is 0 Å². The van der Waals surface area contributed by atoms with Crippen LogP contribution in [0.1, 0.15) is 103 Å². The molecule has 61 heavy (non-hydrogen) atoms. The van der Waals surface area contributed by atoms with Crippen LogP contribution in [0.15, 0.2) is 46.8 Å². The summed E-state index contributed by atoms with van der Waals surface area (Å²) in [6.07, 6.45) is 13.5. The van der Waals surface area contributed by atoms with Gasteiger partial charge in [0, 0.05) is 94.5 Å². The van der Waals surface area contributed by atoms with Gasteiger partial charge in [-0.25, -0.2) is 38.9 Å². The van der Waals surface area contributed by atoms with Crippen molar-refractivity contribution in [2.75, 3.05) is 52.6 Å². The molecule has 0 amide bonds. The summed E-state index contributed by atoms with van der Waals surface area (Å²) in [5, 5.41) is 13.9. The first-order chi connectivity index (χ1) is 29.6. The van der Waals surface area contributed by atoms with Crippen molar-refractivity contribution in [3.8, 4) is 0 Å². The first-order valence-corrected chi connectivity index (χ1v) is 21.3. The van der Waals surface area contributed by atoms with Crippen LogP contribution in [0.4, 0.5) is 0 Å². The molecule has 4 atom stereocenters. The molecule has 3 N–H and O–H groups in total. The number of carbonyl (C=O) groups is 1. The van der Waals surface area contributed by atoms with Crippen molar-refractivity contribution in [2.24, 2.45) is 11.8 Å². The quantitative estimate of drug-likeness (QED) is 0.195. The minimum atomic E-state index is -0.141. The van der Waals surface area contributed by atoms with Gasteiger partial charge in [-0.15, -0.1) is 0 Å². The van der Waals surface area contributed by atoms with Crippen molar-refractivity contribution < 1.29 is 14.3 Å². The normalized spacial score (nSPS) is 22.5. The summed E-state index contributed by atoms with van der Waals surface area (Å²) >= 11 is 11.3. The van der Waals surface area contributed by atoms with Crippen LogP contribution in [0, 0.1) is 11.8 Å². The van der Waals surface area contributed by atoms with Gasteiger partial charge in [-0.2, -0.15) is 10.2 Å². The minimum absolute atomic E-state index is 0.102. The molecule has 0 bridgehead atoms. The molecule has 21 heteroatoms. The molecule has 4 saturated heterocycles. The maximum absolute atomic E-state index is 12.7. The molecule has 10 heterocycles. The minimum Gasteiger partial charge on any atom is -0.381 e. The zero-order valence-electron chi connectivity index (χ0n) is 33.9. The molecule has 4 unspecified atom stereocenters. The SMILES string of the molecule is CC1CN(Cc2ncc(Cl)cn2)CC1c1nn2c(C3CCOCC3)ncc2c(=O)[nH]1.CC1CNCC1c1nn2c(C3CCOCC3)ncc2c(=O)[nH]1.O=Cc1ncc(Cl)cn1. The summed E-state index contributed by atoms with van der Waals surface area (Å²) in [6, 6.07) is 0. The van der Waals surface area contributed by atoms with Gasteiger partial charge < -0.3 is 24.8 Å². The van der Waals surface area contributed by atoms with Gasteiger partial charge in [-0.1, -0.05) is 37.0 Å². The number of nitrogens with one attached hydrogen (secondary N) is 3. The summed E-state index contributed by atoms with van der Waals surface area (Å²) in [6.45, 7) is 11.4. The monoisotopic (exact) mass is 874 g/mol. The lowest BCUT2D eigenvalue weighted by molar-refractivity contribution is 0.0831. The molecule has 0 aliphatic carbocycles. The second kappa shape index (κ2) is 19.3. The molecule has 0 aromatic carbocycles. The predicted octanol–water partition coefficient (Wildman–Crippen LogP) is 3.57. The van der Waals surface area contributed by atoms with E-state index in [1.54, 1.807) is 33.8 Å². The van der Waals surface area contributed by atoms with Crippen LogP contribution in [0.2, 0.25) is 10.0 Å². The van der Waals surface area contributed by atoms with E-state index in [-0.39, 0.29) is 34.7 Å². The number of halogens is 2. The number of carbonyl (C=O) groups excluding carboxylic acids is 1. The van der Waals surface area contributed by atoms with E-state index in [1.807, 2.05) is 0 Å². The highest BCUT2D eigenvalue weighted by Gasteiger charge is 2.34. The first-order valence-electron chi connectivity index (χ1n) is 20.6. The Morgan fingerprint density at radius 1 is 0.672 bits per heavy atom. The van der Waals surface area contributed by atoms with E-state index in [1.165, 1.54) is 12.4 Å². The molecule has 0 spiro atoms. The topological polar surface area (TPSA) is 228 Å². The molecule has 0 saturated carbocycles. The maximum atomic E-state index is 12.7. The lowest BCUT2D eigenvalue weighted by Crippen LogP contribution is -2.24. The number of rotatable bonds is 7. The Bertz CT molecular complexity index is 2530. The standard InChI is InChI=1S/C20H24ClN7O2.C15H21N5O2.C5H3ClN2O/c1-12-9-27(11-17-22-6-14(21)7-23-17)10-15(12)18-25-20(29)16-8-24-19(28(16)26-18)13-2-4-30-5-3-13;1-9-6-16-7-11(9)13-18-15(21)12-8-17-14(20(12)19-13)10-2-4-22-5-3-10;6-4-1-7-5(3-9)8-2-4/h6-8,12-13,15H,2-5,9-11H2,1H3,(H,25,26,29);8-11,16H,2-7H2,1H3,(H,18,19,21);1-3H. The number of aromatic nitrogens is 12. The number of nitrogens with zero attached hydrogens (tertiary/aromatic N) is 11. The fraction of sp³-hybridized carbons (Fsp3) is 0.525. The summed E-state index contributed by atoms with van der Waals surface area (Å²) in [5.41, 5.74) is 0.786. The number of imidazole rings is 2. The van der Waals surface area contributed by atoms with E-state index >= 15 is 0 Å². The second-order valence-electron chi connectivity index (χ2n) is 16.0. The molecule has 10 rings (SSSR count). The van der Waals surface area contributed by atoms with E-state index < -0.39 is 0 Å². The van der Waals surface area contributed by atoms with Crippen molar-refractivity contribution in [2.45, 2.75) is 69.7 Å². The number of fused-ring (bicyclic) bond motifs is 2. The predicted molar refractivity (Wildman–Crippen MR) is 224 cm³/mol. The Labute approximate surface area is 360 Å². The van der Waals surface area contributed by atoms with Gasteiger partial charge in [0.2, 0.25) is 0 Å². The largest absolute Gasteiger partial charge is 0.381 e. The molecule has 0 radical (unpaired) electrons. The number of likely N-dealkylation sites (tertiary alicyclic amines) is 1. The van der Waals surface area contributed by atoms with Crippen molar-refractivity contribution in [1.29, 1.82) is 0 Å². The second-order valence-corrected chi connectivity index (χ2v) is 16.9. The highest BCUT2D eigenvalue weighted by atomic mass is 35.5. The summed E-state index contributed by atoms with van der Waals surface area (Å²) in [5.74, 6) is 5.89. The third-order valence-corrected chi connectivity index (χ3v) is 12.1. The summed E-state index contributed by atoms with van der Waals surface area (Å²) in [4.78, 5) is 68.1. The number of hydrogen-bond donors (Lipinski definition) is 3. The number of aldehydes is 1. The van der Waals surface area contributed by atoms with Crippen LogP contribution < -0.4 is 16.4 Å². The van der Waals surface area contributed by atoms with Crippen LogP contribution in [-0.4, -0.2) is 123 Å².